The summed E-state index contributed by atoms with van der Waals surface area (Å²) in [5.74, 6) is -0.329. The van der Waals surface area contributed by atoms with E-state index in [1.54, 1.807) is 12.1 Å². The van der Waals surface area contributed by atoms with Crippen LogP contribution in [-0.2, 0) is 17.8 Å². The molecule has 5 heteroatoms. The summed E-state index contributed by atoms with van der Waals surface area (Å²) in [6, 6.07) is 13.7. The monoisotopic (exact) mass is 411 g/mol. The summed E-state index contributed by atoms with van der Waals surface area (Å²) in [6.45, 7) is 1.50. The first-order chi connectivity index (χ1) is 10.1. The van der Waals surface area contributed by atoms with Crippen molar-refractivity contribution in [1.29, 1.82) is 0 Å². The van der Waals surface area contributed by atoms with Crippen LogP contribution in [0.3, 0.4) is 0 Å². The van der Waals surface area contributed by atoms with Crippen molar-refractivity contribution in [2.75, 3.05) is 7.11 Å². The molecular formula is C16H15Br2NO2. The summed E-state index contributed by atoms with van der Waals surface area (Å²) in [6.07, 6.45) is 0. The predicted octanol–water partition coefficient (Wildman–Crippen LogP) is 4.29. The molecule has 0 saturated heterocycles. The molecule has 0 saturated carbocycles. The number of hydrogen-bond donors (Lipinski definition) is 1. The van der Waals surface area contributed by atoms with Gasteiger partial charge in [-0.2, -0.15) is 0 Å². The maximum atomic E-state index is 11.4. The molecule has 2 aromatic rings. The number of methoxy groups -OCH3 is 1. The molecule has 2 aromatic carbocycles. The fourth-order valence-corrected chi connectivity index (χ4v) is 2.89. The lowest BCUT2D eigenvalue weighted by Crippen LogP contribution is -2.13. The second kappa shape index (κ2) is 7.73. The number of nitrogens with one attached hydrogen (secondary N) is 1. The maximum absolute atomic E-state index is 11.4. The van der Waals surface area contributed by atoms with Gasteiger partial charge in [-0.3, -0.25) is 0 Å². The highest BCUT2D eigenvalue weighted by Crippen LogP contribution is 2.19. The summed E-state index contributed by atoms with van der Waals surface area (Å²) < 4.78 is 6.67. The van der Waals surface area contributed by atoms with Gasteiger partial charge in [0.05, 0.1) is 12.7 Å². The van der Waals surface area contributed by atoms with Gasteiger partial charge >= 0.3 is 5.97 Å². The molecule has 0 heterocycles. The Hall–Kier alpha value is -1.17. The molecule has 0 spiro atoms. The number of ether oxygens (including phenoxy) is 1. The fourth-order valence-electron chi connectivity index (χ4n) is 1.92. The van der Waals surface area contributed by atoms with Crippen LogP contribution in [0.2, 0.25) is 0 Å². The van der Waals surface area contributed by atoms with Crippen molar-refractivity contribution in [3.05, 3.63) is 68.1 Å². The van der Waals surface area contributed by atoms with E-state index < -0.39 is 0 Å². The third-order valence-electron chi connectivity index (χ3n) is 3.01. The van der Waals surface area contributed by atoms with Crippen molar-refractivity contribution in [2.45, 2.75) is 13.1 Å². The summed E-state index contributed by atoms with van der Waals surface area (Å²) in [4.78, 5) is 11.4. The molecule has 0 aliphatic heterocycles. The molecule has 0 aliphatic rings. The van der Waals surface area contributed by atoms with Crippen molar-refractivity contribution in [3.8, 4) is 0 Å². The second-order valence-corrected chi connectivity index (χ2v) is 6.30. The zero-order valence-electron chi connectivity index (χ0n) is 11.5. The Morgan fingerprint density at radius 3 is 2.62 bits per heavy atom. The van der Waals surface area contributed by atoms with Gasteiger partial charge in [0, 0.05) is 22.0 Å². The van der Waals surface area contributed by atoms with Crippen molar-refractivity contribution in [1.82, 2.24) is 5.32 Å². The highest BCUT2D eigenvalue weighted by molar-refractivity contribution is 9.10. The summed E-state index contributed by atoms with van der Waals surface area (Å²) in [5.41, 5.74) is 2.85. The Morgan fingerprint density at radius 1 is 1.14 bits per heavy atom. The zero-order chi connectivity index (χ0) is 15.2. The van der Waals surface area contributed by atoms with Crippen LogP contribution in [0.1, 0.15) is 21.5 Å². The fraction of sp³-hybridized carbons (Fsp3) is 0.188. The number of hydrogen-bond acceptors (Lipinski definition) is 3. The first-order valence-corrected chi connectivity index (χ1v) is 8.00. The molecule has 0 aromatic heterocycles. The van der Waals surface area contributed by atoms with Crippen LogP contribution in [0.15, 0.2) is 51.4 Å². The maximum Gasteiger partial charge on any atom is 0.337 e. The van der Waals surface area contributed by atoms with Gasteiger partial charge in [0.25, 0.3) is 0 Å². The Balaban J connectivity index is 1.96. The van der Waals surface area contributed by atoms with E-state index in [0.717, 1.165) is 21.1 Å². The molecule has 0 atom stereocenters. The Kier molecular flexibility index (Phi) is 5.96. The quantitative estimate of drug-likeness (QED) is 0.744. The van der Waals surface area contributed by atoms with Crippen molar-refractivity contribution in [2.24, 2.45) is 0 Å². The van der Waals surface area contributed by atoms with Gasteiger partial charge in [-0.25, -0.2) is 4.79 Å². The Bertz CT molecular complexity index is 644. The largest absolute Gasteiger partial charge is 0.465 e. The number of halogens is 2. The van der Waals surface area contributed by atoms with Crippen molar-refractivity contribution in [3.63, 3.8) is 0 Å². The zero-order valence-corrected chi connectivity index (χ0v) is 14.7. The molecule has 0 fully saturated rings. The lowest BCUT2D eigenvalue weighted by atomic mass is 10.1. The third-order valence-corrected chi connectivity index (χ3v) is 4.24. The van der Waals surface area contributed by atoms with Gasteiger partial charge in [-0.05, 0) is 35.4 Å². The number of carbonyl (C=O) groups is 1. The number of esters is 1. The molecular weight excluding hydrogens is 398 g/mol. The molecule has 3 nitrogen and oxygen atoms in total. The summed E-state index contributed by atoms with van der Waals surface area (Å²) >= 11 is 6.95. The predicted molar refractivity (Wildman–Crippen MR) is 90.2 cm³/mol. The van der Waals surface area contributed by atoms with E-state index in [1.807, 2.05) is 18.2 Å². The molecule has 0 radical (unpaired) electrons. The molecule has 0 bridgehead atoms. The van der Waals surface area contributed by atoms with Gasteiger partial charge in [-0.1, -0.05) is 50.1 Å². The van der Waals surface area contributed by atoms with Gasteiger partial charge in [0.1, 0.15) is 0 Å². The van der Waals surface area contributed by atoms with Crippen LogP contribution in [0, 0.1) is 0 Å². The SMILES string of the molecule is COC(=O)c1ccc(CNCc2cccc(Br)c2)c(Br)c1. The average molecular weight is 413 g/mol. The lowest BCUT2D eigenvalue weighted by molar-refractivity contribution is 0.0600. The smallest absolute Gasteiger partial charge is 0.337 e. The van der Waals surface area contributed by atoms with E-state index in [2.05, 4.69) is 49.3 Å². The first kappa shape index (κ1) is 16.2. The Labute approximate surface area is 141 Å². The van der Waals surface area contributed by atoms with Crippen LogP contribution in [0.5, 0.6) is 0 Å². The van der Waals surface area contributed by atoms with Crippen molar-refractivity contribution < 1.29 is 9.53 Å². The molecule has 1 N–H and O–H groups in total. The molecule has 0 aliphatic carbocycles. The second-order valence-electron chi connectivity index (χ2n) is 4.53. The van der Waals surface area contributed by atoms with E-state index in [0.29, 0.717) is 12.1 Å². The normalized spacial score (nSPS) is 10.4. The number of carbonyl (C=O) groups excluding carboxylic acids is 1. The van der Waals surface area contributed by atoms with Crippen LogP contribution < -0.4 is 5.32 Å². The van der Waals surface area contributed by atoms with E-state index in [1.165, 1.54) is 12.7 Å². The highest BCUT2D eigenvalue weighted by atomic mass is 79.9. The minimum Gasteiger partial charge on any atom is -0.465 e. The first-order valence-electron chi connectivity index (χ1n) is 6.42. The van der Waals surface area contributed by atoms with Crippen LogP contribution in [0.4, 0.5) is 0 Å². The van der Waals surface area contributed by atoms with Crippen molar-refractivity contribution >= 4 is 37.8 Å². The molecule has 110 valence electrons. The van der Waals surface area contributed by atoms with Gasteiger partial charge < -0.3 is 10.1 Å². The third kappa shape index (κ3) is 4.66. The van der Waals surface area contributed by atoms with Gasteiger partial charge in [0.2, 0.25) is 0 Å². The summed E-state index contributed by atoms with van der Waals surface area (Å²) in [5, 5.41) is 3.38. The average Bonchev–Trinajstić information content (AvgIpc) is 2.48. The highest BCUT2D eigenvalue weighted by Gasteiger charge is 2.08. The summed E-state index contributed by atoms with van der Waals surface area (Å²) in [7, 11) is 1.38. The van der Waals surface area contributed by atoms with E-state index >= 15 is 0 Å². The topological polar surface area (TPSA) is 38.3 Å². The molecule has 0 amide bonds. The molecule has 21 heavy (non-hydrogen) atoms. The van der Waals surface area contributed by atoms with Crippen LogP contribution in [-0.4, -0.2) is 13.1 Å². The van der Waals surface area contributed by atoms with E-state index in [-0.39, 0.29) is 5.97 Å². The Morgan fingerprint density at radius 2 is 1.95 bits per heavy atom. The minimum atomic E-state index is -0.329. The standard InChI is InChI=1S/C16H15Br2NO2/c1-21-16(20)12-5-6-13(15(18)8-12)10-19-9-11-3-2-4-14(17)7-11/h2-8,19H,9-10H2,1H3. The van der Waals surface area contributed by atoms with Gasteiger partial charge in [-0.15, -0.1) is 0 Å². The van der Waals surface area contributed by atoms with E-state index in [4.69, 9.17) is 4.74 Å². The molecule has 2 rings (SSSR count). The molecule has 0 unspecified atom stereocenters. The number of rotatable bonds is 5. The van der Waals surface area contributed by atoms with Crippen LogP contribution >= 0.6 is 31.9 Å². The van der Waals surface area contributed by atoms with E-state index in [9.17, 15) is 4.79 Å². The van der Waals surface area contributed by atoms with Crippen LogP contribution in [0.25, 0.3) is 0 Å². The number of benzene rings is 2. The van der Waals surface area contributed by atoms with Gasteiger partial charge in [0.15, 0.2) is 0 Å². The lowest BCUT2D eigenvalue weighted by Gasteiger charge is -2.09. The minimum absolute atomic E-state index is 0.329.